The number of halogens is 1. The number of aryl methyl sites for hydroxylation is 1. The third-order valence-electron chi connectivity index (χ3n) is 1.72. The summed E-state index contributed by atoms with van der Waals surface area (Å²) in [5.41, 5.74) is 0.828. The number of hydrogen-bond acceptors (Lipinski definition) is 3. The summed E-state index contributed by atoms with van der Waals surface area (Å²) in [6, 6.07) is 2.84. The summed E-state index contributed by atoms with van der Waals surface area (Å²) in [6.45, 7) is 1.79. The number of ether oxygens (including phenoxy) is 1. The lowest BCUT2D eigenvalue weighted by Gasteiger charge is -2.08. The smallest absolute Gasteiger partial charge is 0.298 e. The average molecular weight is 281 g/mol. The van der Waals surface area contributed by atoms with Crippen molar-refractivity contribution in [2.24, 2.45) is 0 Å². The van der Waals surface area contributed by atoms with Crippen molar-refractivity contribution in [1.29, 1.82) is 0 Å². The van der Waals surface area contributed by atoms with Crippen LogP contribution in [0.25, 0.3) is 0 Å². The maximum Gasteiger partial charge on any atom is 0.298 e. The molecule has 78 valence electrons. The van der Waals surface area contributed by atoms with Crippen molar-refractivity contribution in [2.45, 2.75) is 11.8 Å². The van der Waals surface area contributed by atoms with E-state index in [2.05, 4.69) is 15.9 Å². The summed E-state index contributed by atoms with van der Waals surface area (Å²) in [7, 11) is -2.90. The van der Waals surface area contributed by atoms with Crippen LogP contribution in [0.5, 0.6) is 5.75 Å². The average Bonchev–Trinajstić information content (AvgIpc) is 2.07. The van der Waals surface area contributed by atoms with Crippen molar-refractivity contribution in [3.05, 3.63) is 22.2 Å². The molecule has 0 aliphatic rings. The highest BCUT2D eigenvalue weighted by molar-refractivity contribution is 9.10. The van der Waals surface area contributed by atoms with Gasteiger partial charge >= 0.3 is 0 Å². The predicted molar refractivity (Wildman–Crippen MR) is 55.2 cm³/mol. The van der Waals surface area contributed by atoms with E-state index in [0.29, 0.717) is 4.47 Å². The minimum absolute atomic E-state index is 0.133. The number of hydrogen-bond donors (Lipinski definition) is 1. The van der Waals surface area contributed by atoms with E-state index in [1.54, 1.807) is 6.92 Å². The first-order valence-corrected chi connectivity index (χ1v) is 5.91. The Morgan fingerprint density at radius 1 is 1.43 bits per heavy atom. The van der Waals surface area contributed by atoms with Crippen molar-refractivity contribution in [1.82, 2.24) is 0 Å². The van der Waals surface area contributed by atoms with Crippen LogP contribution in [0.2, 0.25) is 0 Å². The van der Waals surface area contributed by atoms with Crippen LogP contribution in [-0.4, -0.2) is 20.1 Å². The number of benzene rings is 1. The SMILES string of the molecule is COc1cc(C)c(Br)cc1S(=O)(=O)O. The van der Waals surface area contributed by atoms with E-state index in [1.807, 2.05) is 0 Å². The van der Waals surface area contributed by atoms with E-state index in [1.165, 1.54) is 19.2 Å². The molecule has 0 unspecified atom stereocenters. The molecule has 0 spiro atoms. The highest BCUT2D eigenvalue weighted by atomic mass is 79.9. The molecule has 14 heavy (non-hydrogen) atoms. The van der Waals surface area contributed by atoms with Crippen molar-refractivity contribution in [2.75, 3.05) is 7.11 Å². The molecule has 0 aliphatic carbocycles. The molecular formula is C8H9BrO4S. The molecule has 0 bridgehead atoms. The van der Waals surface area contributed by atoms with Crippen LogP contribution in [0, 0.1) is 6.92 Å². The Bertz CT molecular complexity index is 453. The standard InChI is InChI=1S/C8H9BrO4S/c1-5-3-7(13-2)8(4-6(5)9)14(10,11)12/h3-4H,1-2H3,(H,10,11,12). The van der Waals surface area contributed by atoms with Gasteiger partial charge in [-0.05, 0) is 24.6 Å². The van der Waals surface area contributed by atoms with Gasteiger partial charge in [0, 0.05) is 4.47 Å². The van der Waals surface area contributed by atoms with Crippen LogP contribution in [0.1, 0.15) is 5.56 Å². The van der Waals surface area contributed by atoms with Crippen LogP contribution >= 0.6 is 15.9 Å². The Morgan fingerprint density at radius 3 is 2.43 bits per heavy atom. The summed E-state index contributed by atoms with van der Waals surface area (Å²) < 4.78 is 36.2. The maximum atomic E-state index is 10.9. The topological polar surface area (TPSA) is 63.6 Å². The second-order valence-electron chi connectivity index (χ2n) is 2.73. The fourth-order valence-corrected chi connectivity index (χ4v) is 2.16. The van der Waals surface area contributed by atoms with Gasteiger partial charge < -0.3 is 4.74 Å². The zero-order valence-corrected chi connectivity index (χ0v) is 10.0. The van der Waals surface area contributed by atoms with Gasteiger partial charge in [0.2, 0.25) is 0 Å². The molecule has 0 aliphatic heterocycles. The summed E-state index contributed by atoms with van der Waals surface area (Å²) in [5, 5.41) is 0. The zero-order chi connectivity index (χ0) is 10.9. The van der Waals surface area contributed by atoms with E-state index in [0.717, 1.165) is 5.56 Å². The molecule has 0 heterocycles. The fraction of sp³-hybridized carbons (Fsp3) is 0.250. The first kappa shape index (κ1) is 11.5. The monoisotopic (exact) mass is 280 g/mol. The quantitative estimate of drug-likeness (QED) is 0.842. The summed E-state index contributed by atoms with van der Waals surface area (Å²) in [4.78, 5) is -0.238. The van der Waals surface area contributed by atoms with Crippen molar-refractivity contribution in [3.63, 3.8) is 0 Å². The molecular weight excluding hydrogens is 272 g/mol. The van der Waals surface area contributed by atoms with Gasteiger partial charge in [-0.3, -0.25) is 4.55 Å². The van der Waals surface area contributed by atoms with E-state index in [9.17, 15) is 8.42 Å². The first-order chi connectivity index (χ1) is 6.36. The molecule has 1 aromatic carbocycles. The Hall–Kier alpha value is -0.590. The minimum atomic E-state index is -4.24. The maximum absolute atomic E-state index is 10.9. The molecule has 1 aromatic rings. The zero-order valence-electron chi connectivity index (χ0n) is 7.61. The van der Waals surface area contributed by atoms with E-state index in [4.69, 9.17) is 9.29 Å². The molecule has 4 nitrogen and oxygen atoms in total. The van der Waals surface area contributed by atoms with Crippen LogP contribution < -0.4 is 4.74 Å². The van der Waals surface area contributed by atoms with Gasteiger partial charge in [0.1, 0.15) is 10.6 Å². The molecule has 0 saturated carbocycles. The van der Waals surface area contributed by atoms with Gasteiger partial charge in [0.25, 0.3) is 10.1 Å². The third kappa shape index (κ3) is 2.26. The summed E-state index contributed by atoms with van der Waals surface area (Å²) >= 11 is 3.17. The Balaban J connectivity index is 3.51. The van der Waals surface area contributed by atoms with Gasteiger partial charge in [-0.15, -0.1) is 0 Å². The Morgan fingerprint density at radius 2 is 2.00 bits per heavy atom. The lowest BCUT2D eigenvalue weighted by atomic mass is 10.2. The Kier molecular flexibility index (Phi) is 3.18. The van der Waals surface area contributed by atoms with E-state index >= 15 is 0 Å². The second-order valence-corrected chi connectivity index (χ2v) is 4.97. The minimum Gasteiger partial charge on any atom is -0.495 e. The molecule has 0 radical (unpaired) electrons. The summed E-state index contributed by atoms with van der Waals surface area (Å²) in [6.07, 6.45) is 0. The highest BCUT2D eigenvalue weighted by Gasteiger charge is 2.17. The summed E-state index contributed by atoms with van der Waals surface area (Å²) in [5.74, 6) is 0.133. The number of rotatable bonds is 2. The molecule has 1 rings (SSSR count). The molecule has 0 saturated heterocycles. The van der Waals surface area contributed by atoms with Crippen LogP contribution in [0.3, 0.4) is 0 Å². The molecule has 6 heteroatoms. The van der Waals surface area contributed by atoms with Crippen molar-refractivity contribution < 1.29 is 17.7 Å². The lowest BCUT2D eigenvalue weighted by molar-refractivity contribution is 0.397. The van der Waals surface area contributed by atoms with Crippen LogP contribution in [0.4, 0.5) is 0 Å². The molecule has 0 amide bonds. The van der Waals surface area contributed by atoms with Crippen LogP contribution in [0.15, 0.2) is 21.5 Å². The molecule has 0 fully saturated rings. The number of methoxy groups -OCH3 is 1. The predicted octanol–water partition coefficient (Wildman–Crippen LogP) is 2.01. The molecule has 1 N–H and O–H groups in total. The molecule has 0 atom stereocenters. The van der Waals surface area contributed by atoms with E-state index in [-0.39, 0.29) is 10.6 Å². The van der Waals surface area contributed by atoms with Crippen LogP contribution in [-0.2, 0) is 10.1 Å². The van der Waals surface area contributed by atoms with Gasteiger partial charge in [-0.25, -0.2) is 0 Å². The highest BCUT2D eigenvalue weighted by Crippen LogP contribution is 2.29. The van der Waals surface area contributed by atoms with Gasteiger partial charge in [-0.1, -0.05) is 15.9 Å². The third-order valence-corrected chi connectivity index (χ3v) is 3.45. The molecule has 0 aromatic heterocycles. The largest absolute Gasteiger partial charge is 0.495 e. The second kappa shape index (κ2) is 3.88. The fourth-order valence-electron chi connectivity index (χ4n) is 0.998. The van der Waals surface area contributed by atoms with Gasteiger partial charge in [0.15, 0.2) is 0 Å². The Labute approximate surface area is 90.8 Å². The first-order valence-electron chi connectivity index (χ1n) is 3.68. The van der Waals surface area contributed by atoms with Gasteiger partial charge in [-0.2, -0.15) is 8.42 Å². The lowest BCUT2D eigenvalue weighted by Crippen LogP contribution is -2.02. The van der Waals surface area contributed by atoms with Crippen molar-refractivity contribution in [3.8, 4) is 5.75 Å². The van der Waals surface area contributed by atoms with Gasteiger partial charge in [0.05, 0.1) is 7.11 Å². The van der Waals surface area contributed by atoms with E-state index < -0.39 is 10.1 Å². The normalized spacial score (nSPS) is 11.4. The van der Waals surface area contributed by atoms with Crippen molar-refractivity contribution >= 4 is 26.0 Å².